The zero-order chi connectivity index (χ0) is 19.8. The molecule has 2 aromatic rings. The number of pyridine rings is 1. The minimum atomic E-state index is -0.674. The number of hydrogen-bond acceptors (Lipinski definition) is 7. The monoisotopic (exact) mass is 372 g/mol. The van der Waals surface area contributed by atoms with E-state index in [1.807, 2.05) is 6.07 Å². The first kappa shape index (κ1) is 19.8. The Balaban J connectivity index is 2.17. The van der Waals surface area contributed by atoms with E-state index >= 15 is 0 Å². The van der Waals surface area contributed by atoms with Crippen LogP contribution in [0, 0.1) is 24.1 Å². The topological polar surface area (TPSA) is 113 Å². The Morgan fingerprint density at radius 1 is 1.30 bits per heavy atom. The highest BCUT2D eigenvalue weighted by Gasteiger charge is 2.16. The van der Waals surface area contributed by atoms with Crippen LogP contribution in [0.15, 0.2) is 30.3 Å². The zero-order valence-electron chi connectivity index (χ0n) is 14.7. The van der Waals surface area contributed by atoms with Crippen molar-refractivity contribution in [1.82, 2.24) is 10.5 Å². The van der Waals surface area contributed by atoms with Crippen molar-refractivity contribution in [3.05, 3.63) is 53.0 Å². The molecule has 8 nitrogen and oxygen atoms in total. The average molecular weight is 372 g/mol. The van der Waals surface area contributed by atoms with Crippen molar-refractivity contribution in [3.8, 4) is 6.07 Å². The SMILES string of the molecule is COC(=O)CCONC(=O)c1ccc(C#N)nc1Nc1ccc(C)cc1F. The molecule has 0 fully saturated rings. The number of halogens is 1. The second-order valence-corrected chi connectivity index (χ2v) is 5.42. The minimum absolute atomic E-state index is 0.00845. The maximum atomic E-state index is 14.1. The molecule has 0 saturated heterocycles. The predicted octanol–water partition coefficient (Wildman–Crippen LogP) is 2.37. The standard InChI is InChI=1S/C18H17FN4O4/c1-11-3-6-15(14(19)9-11)22-17-13(5-4-12(10-20)21-17)18(25)23-27-8-7-16(24)26-2/h3-6,9H,7-8H2,1-2H3,(H,21,22)(H,23,25). The van der Waals surface area contributed by atoms with Crippen LogP contribution in [0.2, 0.25) is 0 Å². The molecule has 0 spiro atoms. The number of ether oxygens (including phenoxy) is 1. The van der Waals surface area contributed by atoms with Crippen molar-refractivity contribution in [2.45, 2.75) is 13.3 Å². The van der Waals surface area contributed by atoms with E-state index in [1.165, 1.54) is 31.4 Å². The lowest BCUT2D eigenvalue weighted by molar-refractivity contribution is -0.142. The van der Waals surface area contributed by atoms with Gasteiger partial charge in [-0.2, -0.15) is 5.26 Å². The summed E-state index contributed by atoms with van der Waals surface area (Å²) in [5.74, 6) is -1.70. The highest BCUT2D eigenvalue weighted by atomic mass is 19.1. The van der Waals surface area contributed by atoms with Gasteiger partial charge in [-0.1, -0.05) is 6.07 Å². The van der Waals surface area contributed by atoms with Gasteiger partial charge in [0, 0.05) is 0 Å². The van der Waals surface area contributed by atoms with E-state index < -0.39 is 17.7 Å². The summed E-state index contributed by atoms with van der Waals surface area (Å²) >= 11 is 0. The molecule has 0 atom stereocenters. The quantitative estimate of drug-likeness (QED) is 0.436. The number of nitrogens with one attached hydrogen (secondary N) is 2. The summed E-state index contributed by atoms with van der Waals surface area (Å²) in [6, 6.07) is 9.08. The van der Waals surface area contributed by atoms with Crippen LogP contribution >= 0.6 is 0 Å². The highest BCUT2D eigenvalue weighted by molar-refractivity contribution is 5.98. The normalized spacial score (nSPS) is 10.0. The minimum Gasteiger partial charge on any atom is -0.469 e. The molecule has 0 aliphatic rings. The van der Waals surface area contributed by atoms with Gasteiger partial charge in [0.2, 0.25) is 0 Å². The lowest BCUT2D eigenvalue weighted by Gasteiger charge is -2.12. The van der Waals surface area contributed by atoms with Crippen molar-refractivity contribution in [2.24, 2.45) is 0 Å². The number of nitrogens with zero attached hydrogens (tertiary/aromatic N) is 2. The van der Waals surface area contributed by atoms with E-state index in [1.54, 1.807) is 13.0 Å². The molecule has 9 heteroatoms. The lowest BCUT2D eigenvalue weighted by atomic mass is 10.2. The lowest BCUT2D eigenvalue weighted by Crippen LogP contribution is -2.26. The number of carbonyl (C=O) groups excluding carboxylic acids is 2. The molecule has 1 amide bonds. The Kier molecular flexibility index (Phi) is 6.79. The van der Waals surface area contributed by atoms with E-state index in [2.05, 4.69) is 20.5 Å². The number of anilines is 2. The Hall–Kier alpha value is -3.51. The molecule has 0 radical (unpaired) electrons. The van der Waals surface area contributed by atoms with Gasteiger partial charge < -0.3 is 10.1 Å². The van der Waals surface area contributed by atoms with Gasteiger partial charge in [0.05, 0.1) is 31.4 Å². The van der Waals surface area contributed by atoms with Crippen molar-refractivity contribution in [3.63, 3.8) is 0 Å². The summed E-state index contributed by atoms with van der Waals surface area (Å²) < 4.78 is 18.5. The van der Waals surface area contributed by atoms with Crippen LogP contribution in [0.3, 0.4) is 0 Å². The number of benzene rings is 1. The number of aryl methyl sites for hydroxylation is 1. The summed E-state index contributed by atoms with van der Waals surface area (Å²) in [7, 11) is 1.24. The van der Waals surface area contributed by atoms with E-state index in [0.717, 1.165) is 5.56 Å². The molecule has 0 bridgehead atoms. The van der Waals surface area contributed by atoms with Crippen LogP contribution in [-0.2, 0) is 14.4 Å². The van der Waals surface area contributed by atoms with Gasteiger partial charge in [0.1, 0.15) is 23.4 Å². The number of esters is 1. The third-order valence-corrected chi connectivity index (χ3v) is 3.43. The Morgan fingerprint density at radius 3 is 2.74 bits per heavy atom. The molecular formula is C18H17FN4O4. The number of carbonyl (C=O) groups is 2. The first-order chi connectivity index (χ1) is 12.9. The molecule has 27 heavy (non-hydrogen) atoms. The summed E-state index contributed by atoms with van der Waals surface area (Å²) in [6.07, 6.45) is -0.0396. The fourth-order valence-electron chi connectivity index (χ4n) is 2.06. The fourth-order valence-corrected chi connectivity index (χ4v) is 2.06. The zero-order valence-corrected chi connectivity index (χ0v) is 14.7. The largest absolute Gasteiger partial charge is 0.469 e. The maximum Gasteiger partial charge on any atom is 0.307 e. The Bertz CT molecular complexity index is 895. The van der Waals surface area contributed by atoms with Crippen molar-refractivity contribution in [2.75, 3.05) is 19.0 Å². The van der Waals surface area contributed by atoms with Gasteiger partial charge in [-0.3, -0.25) is 14.4 Å². The number of methoxy groups -OCH3 is 1. The molecule has 0 unspecified atom stereocenters. The van der Waals surface area contributed by atoms with Crippen molar-refractivity contribution >= 4 is 23.4 Å². The fraction of sp³-hybridized carbons (Fsp3) is 0.222. The molecule has 2 rings (SSSR count). The second kappa shape index (κ2) is 9.26. The average Bonchev–Trinajstić information content (AvgIpc) is 2.66. The van der Waals surface area contributed by atoms with Crippen molar-refractivity contribution in [1.29, 1.82) is 5.26 Å². The first-order valence-corrected chi connectivity index (χ1v) is 7.88. The smallest absolute Gasteiger partial charge is 0.307 e. The van der Waals surface area contributed by atoms with Crippen LogP contribution in [0.25, 0.3) is 0 Å². The summed E-state index contributed by atoms with van der Waals surface area (Å²) in [5, 5.41) is 11.7. The van der Waals surface area contributed by atoms with Crippen LogP contribution in [0.1, 0.15) is 28.0 Å². The van der Waals surface area contributed by atoms with E-state index in [9.17, 15) is 14.0 Å². The predicted molar refractivity (Wildman–Crippen MR) is 93.4 cm³/mol. The summed E-state index contributed by atoms with van der Waals surface area (Å²) in [4.78, 5) is 32.2. The molecule has 140 valence electrons. The van der Waals surface area contributed by atoms with Gasteiger partial charge in [0.25, 0.3) is 5.91 Å². The van der Waals surface area contributed by atoms with Gasteiger partial charge in [-0.05, 0) is 36.8 Å². The summed E-state index contributed by atoms with van der Waals surface area (Å²) in [6.45, 7) is 1.66. The van der Waals surface area contributed by atoms with Crippen LogP contribution in [0.5, 0.6) is 0 Å². The molecule has 0 aliphatic carbocycles. The van der Waals surface area contributed by atoms with Gasteiger partial charge in [-0.25, -0.2) is 14.9 Å². The number of nitriles is 1. The second-order valence-electron chi connectivity index (χ2n) is 5.42. The summed E-state index contributed by atoms with van der Waals surface area (Å²) in [5.41, 5.74) is 3.08. The molecular weight excluding hydrogens is 355 g/mol. The molecule has 1 heterocycles. The first-order valence-electron chi connectivity index (χ1n) is 7.88. The van der Waals surface area contributed by atoms with Gasteiger partial charge in [0.15, 0.2) is 0 Å². The van der Waals surface area contributed by atoms with E-state index in [-0.39, 0.29) is 35.8 Å². The molecule has 0 saturated carbocycles. The Morgan fingerprint density at radius 2 is 2.07 bits per heavy atom. The molecule has 2 N–H and O–H groups in total. The number of hydroxylamine groups is 1. The molecule has 1 aromatic heterocycles. The number of aromatic nitrogens is 1. The third kappa shape index (κ3) is 5.49. The Labute approximate surface area is 154 Å². The van der Waals surface area contributed by atoms with Crippen LogP contribution in [-0.4, -0.2) is 30.6 Å². The molecule has 0 aliphatic heterocycles. The molecule has 1 aromatic carbocycles. The van der Waals surface area contributed by atoms with Crippen LogP contribution in [0.4, 0.5) is 15.9 Å². The highest BCUT2D eigenvalue weighted by Crippen LogP contribution is 2.23. The number of amides is 1. The number of rotatable bonds is 7. The van der Waals surface area contributed by atoms with E-state index in [4.69, 9.17) is 10.1 Å². The third-order valence-electron chi connectivity index (χ3n) is 3.43. The number of hydrogen-bond donors (Lipinski definition) is 2. The van der Waals surface area contributed by atoms with E-state index in [0.29, 0.717) is 0 Å². The van der Waals surface area contributed by atoms with Crippen molar-refractivity contribution < 1.29 is 23.6 Å². The van der Waals surface area contributed by atoms with Crippen LogP contribution < -0.4 is 10.8 Å². The van der Waals surface area contributed by atoms with Gasteiger partial charge >= 0.3 is 5.97 Å². The maximum absolute atomic E-state index is 14.1. The van der Waals surface area contributed by atoms with Gasteiger partial charge in [-0.15, -0.1) is 0 Å².